The highest BCUT2D eigenvalue weighted by Gasteiger charge is 2.42. The number of benzene rings is 1. The quantitative estimate of drug-likeness (QED) is 0.786. The van der Waals surface area contributed by atoms with Crippen LogP contribution < -0.4 is 0 Å². The van der Waals surface area contributed by atoms with Gasteiger partial charge in [0.05, 0.1) is 18.0 Å². The first-order chi connectivity index (χ1) is 8.54. The average Bonchev–Trinajstić information content (AvgIpc) is 2.79. The van der Waals surface area contributed by atoms with Crippen LogP contribution in [0.5, 0.6) is 0 Å². The van der Waals surface area contributed by atoms with Gasteiger partial charge in [0.25, 0.3) is 0 Å². The summed E-state index contributed by atoms with van der Waals surface area (Å²) in [5.74, 6) is 0.0648. The molecule has 2 nitrogen and oxygen atoms in total. The number of hydrogen-bond donors (Lipinski definition) is 0. The Morgan fingerprint density at radius 2 is 1.67 bits per heavy atom. The standard InChI is InChI=1S/C15H21BrO2/c1-11(2)10-13-4-6-14(7-5-13)15(12(3)16)17-8-9-18-15/h4-7,11-12H,8-10H2,1-3H3. The second-order valence-electron chi connectivity index (χ2n) is 5.28. The minimum Gasteiger partial charge on any atom is -0.343 e. The Labute approximate surface area is 118 Å². The first kappa shape index (κ1) is 14.0. The van der Waals surface area contributed by atoms with E-state index in [0.717, 1.165) is 12.0 Å². The number of alkyl halides is 1. The van der Waals surface area contributed by atoms with Crippen molar-refractivity contribution in [3.8, 4) is 0 Å². The Hall–Kier alpha value is -0.380. The molecule has 1 heterocycles. The number of hydrogen-bond acceptors (Lipinski definition) is 2. The van der Waals surface area contributed by atoms with Crippen molar-refractivity contribution in [3.63, 3.8) is 0 Å². The largest absolute Gasteiger partial charge is 0.343 e. The van der Waals surface area contributed by atoms with Gasteiger partial charge in [-0.05, 0) is 24.8 Å². The molecule has 0 amide bonds. The molecule has 1 fully saturated rings. The Balaban J connectivity index is 2.22. The van der Waals surface area contributed by atoms with Crippen LogP contribution in [0, 0.1) is 5.92 Å². The van der Waals surface area contributed by atoms with Crippen LogP contribution in [0.2, 0.25) is 0 Å². The molecule has 1 atom stereocenters. The summed E-state index contributed by atoms with van der Waals surface area (Å²) in [5.41, 5.74) is 2.46. The lowest BCUT2D eigenvalue weighted by molar-refractivity contribution is -0.161. The van der Waals surface area contributed by atoms with Gasteiger partial charge in [-0.25, -0.2) is 0 Å². The van der Waals surface area contributed by atoms with Crippen molar-refractivity contribution >= 4 is 15.9 Å². The zero-order valence-corrected chi connectivity index (χ0v) is 12.9. The van der Waals surface area contributed by atoms with Gasteiger partial charge >= 0.3 is 0 Å². The molecule has 1 aromatic rings. The third-order valence-corrected chi connectivity index (χ3v) is 3.84. The van der Waals surface area contributed by atoms with Gasteiger partial charge in [-0.1, -0.05) is 54.0 Å². The van der Waals surface area contributed by atoms with Gasteiger partial charge in [0.15, 0.2) is 0 Å². The highest BCUT2D eigenvalue weighted by Crippen LogP contribution is 2.38. The zero-order chi connectivity index (χ0) is 13.2. The molecule has 1 aliphatic heterocycles. The van der Waals surface area contributed by atoms with Gasteiger partial charge in [0, 0.05) is 5.56 Å². The highest BCUT2D eigenvalue weighted by molar-refractivity contribution is 9.09. The van der Waals surface area contributed by atoms with Crippen molar-refractivity contribution in [2.75, 3.05) is 13.2 Å². The maximum Gasteiger partial charge on any atom is 0.207 e. The monoisotopic (exact) mass is 312 g/mol. The maximum atomic E-state index is 5.84. The fourth-order valence-corrected chi connectivity index (χ4v) is 2.93. The van der Waals surface area contributed by atoms with Crippen LogP contribution in [0.4, 0.5) is 0 Å². The first-order valence-corrected chi connectivity index (χ1v) is 7.47. The van der Waals surface area contributed by atoms with Crippen LogP contribution in [0.1, 0.15) is 31.9 Å². The minimum absolute atomic E-state index is 0.128. The van der Waals surface area contributed by atoms with Gasteiger partial charge < -0.3 is 9.47 Å². The topological polar surface area (TPSA) is 18.5 Å². The summed E-state index contributed by atoms with van der Waals surface area (Å²) in [7, 11) is 0. The average molecular weight is 313 g/mol. The first-order valence-electron chi connectivity index (χ1n) is 6.56. The fraction of sp³-hybridized carbons (Fsp3) is 0.600. The van der Waals surface area contributed by atoms with Crippen LogP contribution >= 0.6 is 15.9 Å². The third-order valence-electron chi connectivity index (χ3n) is 3.24. The summed E-state index contributed by atoms with van der Waals surface area (Å²) in [6.07, 6.45) is 1.11. The van der Waals surface area contributed by atoms with Crippen molar-refractivity contribution in [3.05, 3.63) is 35.4 Å². The lowest BCUT2D eigenvalue weighted by Crippen LogP contribution is -2.35. The van der Waals surface area contributed by atoms with E-state index < -0.39 is 5.79 Å². The summed E-state index contributed by atoms with van der Waals surface area (Å²) in [6.45, 7) is 7.85. The van der Waals surface area contributed by atoms with Crippen molar-refractivity contribution in [1.29, 1.82) is 0 Å². The minimum atomic E-state index is -0.615. The van der Waals surface area contributed by atoms with Crippen LogP contribution in [-0.2, 0) is 21.7 Å². The van der Waals surface area contributed by atoms with E-state index >= 15 is 0 Å². The van der Waals surface area contributed by atoms with E-state index in [4.69, 9.17) is 9.47 Å². The van der Waals surface area contributed by atoms with E-state index in [1.54, 1.807) is 0 Å². The molecule has 0 saturated carbocycles. The van der Waals surface area contributed by atoms with Gasteiger partial charge in [-0.2, -0.15) is 0 Å². The Morgan fingerprint density at radius 3 is 2.11 bits per heavy atom. The second-order valence-corrected chi connectivity index (χ2v) is 6.65. The van der Waals surface area contributed by atoms with Gasteiger partial charge in [0.1, 0.15) is 0 Å². The molecule has 3 heteroatoms. The second kappa shape index (κ2) is 5.72. The number of halogens is 1. The molecule has 2 rings (SSSR count). The van der Waals surface area contributed by atoms with Crippen LogP contribution in [-0.4, -0.2) is 18.0 Å². The number of rotatable bonds is 4. The molecule has 0 aromatic heterocycles. The van der Waals surface area contributed by atoms with Crippen LogP contribution in [0.3, 0.4) is 0 Å². The summed E-state index contributed by atoms with van der Waals surface area (Å²) in [4.78, 5) is 0.128. The van der Waals surface area contributed by atoms with E-state index in [9.17, 15) is 0 Å². The summed E-state index contributed by atoms with van der Waals surface area (Å²) < 4.78 is 11.7. The van der Waals surface area contributed by atoms with Crippen molar-refractivity contribution in [2.45, 2.75) is 37.8 Å². The van der Waals surface area contributed by atoms with E-state index in [2.05, 4.69) is 61.0 Å². The number of ether oxygens (including phenoxy) is 2. The van der Waals surface area contributed by atoms with E-state index in [0.29, 0.717) is 19.1 Å². The molecule has 18 heavy (non-hydrogen) atoms. The molecule has 0 radical (unpaired) electrons. The summed E-state index contributed by atoms with van der Waals surface area (Å²) in [6, 6.07) is 8.61. The predicted molar refractivity (Wildman–Crippen MR) is 77.0 cm³/mol. The smallest absolute Gasteiger partial charge is 0.207 e. The normalized spacial score (nSPS) is 20.3. The predicted octanol–water partition coefficient (Wildman–Crippen LogP) is 3.87. The van der Waals surface area contributed by atoms with E-state index in [1.165, 1.54) is 5.56 Å². The van der Waals surface area contributed by atoms with E-state index in [-0.39, 0.29) is 4.83 Å². The fourth-order valence-electron chi connectivity index (χ4n) is 2.40. The van der Waals surface area contributed by atoms with E-state index in [1.807, 2.05) is 0 Å². The molecule has 0 aliphatic carbocycles. The Morgan fingerprint density at radius 1 is 1.11 bits per heavy atom. The van der Waals surface area contributed by atoms with Crippen molar-refractivity contribution in [1.82, 2.24) is 0 Å². The lowest BCUT2D eigenvalue weighted by atomic mass is 9.98. The molecule has 0 spiro atoms. The van der Waals surface area contributed by atoms with Crippen molar-refractivity contribution < 1.29 is 9.47 Å². The molecular formula is C15H21BrO2. The molecule has 0 N–H and O–H groups in total. The van der Waals surface area contributed by atoms with Crippen LogP contribution in [0.15, 0.2) is 24.3 Å². The Bertz CT molecular complexity index is 378. The lowest BCUT2D eigenvalue weighted by Gasteiger charge is -2.30. The molecule has 0 bridgehead atoms. The van der Waals surface area contributed by atoms with Gasteiger partial charge in [-0.15, -0.1) is 0 Å². The molecular weight excluding hydrogens is 292 g/mol. The maximum absolute atomic E-state index is 5.84. The summed E-state index contributed by atoms with van der Waals surface area (Å²) >= 11 is 3.60. The van der Waals surface area contributed by atoms with Gasteiger partial charge in [-0.3, -0.25) is 0 Å². The highest BCUT2D eigenvalue weighted by atomic mass is 79.9. The molecule has 1 aromatic carbocycles. The molecule has 100 valence electrons. The molecule has 1 saturated heterocycles. The molecule has 1 aliphatic rings. The Kier molecular flexibility index (Phi) is 4.46. The zero-order valence-electron chi connectivity index (χ0n) is 11.3. The summed E-state index contributed by atoms with van der Waals surface area (Å²) in [5, 5.41) is 0. The third kappa shape index (κ3) is 2.79. The van der Waals surface area contributed by atoms with Gasteiger partial charge in [0.2, 0.25) is 5.79 Å². The molecule has 1 unspecified atom stereocenters. The van der Waals surface area contributed by atoms with Crippen molar-refractivity contribution in [2.24, 2.45) is 5.92 Å². The SMILES string of the molecule is CC(C)Cc1ccc(C2(C(C)Br)OCCO2)cc1. The van der Waals surface area contributed by atoms with Crippen LogP contribution in [0.25, 0.3) is 0 Å².